The van der Waals surface area contributed by atoms with E-state index in [9.17, 15) is 0 Å². The second kappa shape index (κ2) is 6.37. The fraction of sp³-hybridized carbons (Fsp3) is 0.222. The van der Waals surface area contributed by atoms with E-state index in [0.29, 0.717) is 6.61 Å². The van der Waals surface area contributed by atoms with E-state index in [1.54, 1.807) is 0 Å². The van der Waals surface area contributed by atoms with Gasteiger partial charge in [0.25, 0.3) is 0 Å². The van der Waals surface area contributed by atoms with Crippen LogP contribution in [-0.4, -0.2) is 20.2 Å². The summed E-state index contributed by atoms with van der Waals surface area (Å²) in [6.45, 7) is 3.63. The molecule has 0 spiro atoms. The van der Waals surface area contributed by atoms with Crippen LogP contribution >= 0.6 is 11.8 Å². The Kier molecular flexibility index (Phi) is 4.32. The number of likely N-dealkylation sites (N-methyl/N-ethyl adjacent to an activating group) is 1. The van der Waals surface area contributed by atoms with Crippen LogP contribution in [0.15, 0.2) is 52.3 Å². The van der Waals surface area contributed by atoms with Crippen LogP contribution < -0.4 is 5.32 Å². The summed E-state index contributed by atoms with van der Waals surface area (Å²) in [5.41, 5.74) is 3.66. The molecule has 0 radical (unpaired) electrons. The number of benzene rings is 2. The molecule has 0 fully saturated rings. The minimum atomic E-state index is 0.669. The number of ether oxygens (including phenoxy) is 1. The Morgan fingerprint density at radius 1 is 1.10 bits per heavy atom. The molecular weight excluding hydrogens is 278 g/mol. The van der Waals surface area contributed by atoms with Crippen LogP contribution in [-0.2, 0) is 4.74 Å². The summed E-state index contributed by atoms with van der Waals surface area (Å²) >= 11 is 1.81. The standard InChI is InChI=1S/C18H19NOS/c1-13-7-8-18-15(11-13)16(20-10-9-19-2)12-14-5-3-4-6-17(14)21-18/h3-8,11-12,19H,9-10H2,1-2H3. The van der Waals surface area contributed by atoms with Gasteiger partial charge in [-0.1, -0.05) is 41.6 Å². The number of fused-ring (bicyclic) bond motifs is 2. The Labute approximate surface area is 130 Å². The van der Waals surface area contributed by atoms with Crippen molar-refractivity contribution in [2.45, 2.75) is 16.7 Å². The number of hydrogen-bond acceptors (Lipinski definition) is 3. The van der Waals surface area contributed by atoms with Gasteiger partial charge in [0.2, 0.25) is 0 Å². The summed E-state index contributed by atoms with van der Waals surface area (Å²) in [6, 6.07) is 15.0. The van der Waals surface area contributed by atoms with E-state index >= 15 is 0 Å². The zero-order valence-electron chi connectivity index (χ0n) is 12.3. The molecular formula is C18H19NOS. The molecule has 0 aliphatic carbocycles. The summed E-state index contributed by atoms with van der Waals surface area (Å²) in [7, 11) is 1.94. The molecule has 108 valence electrons. The van der Waals surface area contributed by atoms with Crippen LogP contribution in [0.25, 0.3) is 11.8 Å². The molecule has 2 aromatic rings. The van der Waals surface area contributed by atoms with E-state index in [4.69, 9.17) is 4.74 Å². The summed E-state index contributed by atoms with van der Waals surface area (Å²) in [5, 5.41) is 3.12. The van der Waals surface area contributed by atoms with Gasteiger partial charge in [0.05, 0.1) is 0 Å². The molecule has 0 atom stereocenters. The quantitative estimate of drug-likeness (QED) is 0.855. The average Bonchev–Trinajstić information content (AvgIpc) is 2.64. The van der Waals surface area contributed by atoms with Crippen molar-refractivity contribution >= 4 is 23.6 Å². The largest absolute Gasteiger partial charge is 0.492 e. The molecule has 2 nitrogen and oxygen atoms in total. The molecule has 1 aliphatic rings. The first-order valence-electron chi connectivity index (χ1n) is 7.15. The molecule has 0 saturated carbocycles. The van der Waals surface area contributed by atoms with Crippen LogP contribution in [0.4, 0.5) is 0 Å². The lowest BCUT2D eigenvalue weighted by Gasteiger charge is -2.13. The minimum absolute atomic E-state index is 0.669. The maximum atomic E-state index is 6.03. The second-order valence-electron chi connectivity index (χ2n) is 5.10. The van der Waals surface area contributed by atoms with E-state index < -0.39 is 0 Å². The molecule has 0 unspecified atom stereocenters. The molecule has 3 rings (SSSR count). The lowest BCUT2D eigenvalue weighted by Crippen LogP contribution is -2.13. The lowest BCUT2D eigenvalue weighted by atomic mass is 10.1. The minimum Gasteiger partial charge on any atom is -0.492 e. The molecule has 0 bridgehead atoms. The highest BCUT2D eigenvalue weighted by molar-refractivity contribution is 7.99. The third-order valence-corrected chi connectivity index (χ3v) is 4.60. The third kappa shape index (κ3) is 3.14. The summed E-state index contributed by atoms with van der Waals surface area (Å²) in [4.78, 5) is 2.52. The topological polar surface area (TPSA) is 21.3 Å². The zero-order valence-corrected chi connectivity index (χ0v) is 13.2. The number of aryl methyl sites for hydroxylation is 1. The van der Waals surface area contributed by atoms with E-state index in [0.717, 1.165) is 12.3 Å². The van der Waals surface area contributed by atoms with Crippen molar-refractivity contribution in [1.82, 2.24) is 5.32 Å². The van der Waals surface area contributed by atoms with Crippen molar-refractivity contribution in [3.63, 3.8) is 0 Å². The first-order chi connectivity index (χ1) is 10.3. The third-order valence-electron chi connectivity index (χ3n) is 3.44. The molecule has 1 N–H and O–H groups in total. The van der Waals surface area contributed by atoms with Gasteiger partial charge in [-0.15, -0.1) is 0 Å². The second-order valence-corrected chi connectivity index (χ2v) is 6.18. The molecule has 1 heterocycles. The molecule has 21 heavy (non-hydrogen) atoms. The van der Waals surface area contributed by atoms with Crippen molar-refractivity contribution in [3.05, 3.63) is 59.2 Å². The van der Waals surface area contributed by atoms with Gasteiger partial charge in [0, 0.05) is 21.9 Å². The molecule has 0 amide bonds. The smallest absolute Gasteiger partial charge is 0.128 e. The first-order valence-corrected chi connectivity index (χ1v) is 7.96. The van der Waals surface area contributed by atoms with Crippen molar-refractivity contribution in [2.75, 3.05) is 20.2 Å². The van der Waals surface area contributed by atoms with E-state index in [1.807, 2.05) is 18.8 Å². The van der Waals surface area contributed by atoms with Gasteiger partial charge in [-0.25, -0.2) is 0 Å². The molecule has 1 aliphatic heterocycles. The van der Waals surface area contributed by atoms with Crippen molar-refractivity contribution in [2.24, 2.45) is 0 Å². The Morgan fingerprint density at radius 2 is 1.95 bits per heavy atom. The first kappa shape index (κ1) is 14.2. The number of nitrogens with one attached hydrogen (secondary N) is 1. The number of hydrogen-bond donors (Lipinski definition) is 1. The molecule has 2 aromatic carbocycles. The highest BCUT2D eigenvalue weighted by Gasteiger charge is 2.16. The predicted octanol–water partition coefficient (Wildman–Crippen LogP) is 4.19. The van der Waals surface area contributed by atoms with Crippen LogP contribution in [0, 0.1) is 6.92 Å². The van der Waals surface area contributed by atoms with Gasteiger partial charge < -0.3 is 10.1 Å². The van der Waals surface area contributed by atoms with Crippen LogP contribution in [0.1, 0.15) is 16.7 Å². The maximum absolute atomic E-state index is 6.03. The summed E-state index contributed by atoms with van der Waals surface area (Å²) in [6.07, 6.45) is 2.16. The highest BCUT2D eigenvalue weighted by Crippen LogP contribution is 2.40. The Hall–Kier alpha value is -1.71. The highest BCUT2D eigenvalue weighted by atomic mass is 32.2. The summed E-state index contributed by atoms with van der Waals surface area (Å²) in [5.74, 6) is 0.960. The molecule has 0 saturated heterocycles. The maximum Gasteiger partial charge on any atom is 0.128 e. The monoisotopic (exact) mass is 297 g/mol. The average molecular weight is 297 g/mol. The van der Waals surface area contributed by atoms with E-state index in [1.165, 1.54) is 26.5 Å². The summed E-state index contributed by atoms with van der Waals surface area (Å²) < 4.78 is 6.03. The van der Waals surface area contributed by atoms with Crippen LogP contribution in [0.3, 0.4) is 0 Å². The Bertz CT molecular complexity index is 679. The van der Waals surface area contributed by atoms with Gasteiger partial charge in [0.1, 0.15) is 12.4 Å². The Balaban J connectivity index is 2.05. The van der Waals surface area contributed by atoms with E-state index in [-0.39, 0.29) is 0 Å². The fourth-order valence-corrected chi connectivity index (χ4v) is 3.37. The SMILES string of the molecule is CNCCOC1=Cc2ccccc2Sc2ccc(C)cc21. The fourth-order valence-electron chi connectivity index (χ4n) is 2.34. The predicted molar refractivity (Wildman–Crippen MR) is 89.5 cm³/mol. The van der Waals surface area contributed by atoms with Gasteiger partial charge in [0.15, 0.2) is 0 Å². The molecule has 3 heteroatoms. The van der Waals surface area contributed by atoms with Crippen molar-refractivity contribution in [1.29, 1.82) is 0 Å². The lowest BCUT2D eigenvalue weighted by molar-refractivity contribution is 0.280. The zero-order chi connectivity index (χ0) is 14.7. The normalized spacial score (nSPS) is 13.0. The molecule has 0 aromatic heterocycles. The van der Waals surface area contributed by atoms with Crippen LogP contribution in [0.2, 0.25) is 0 Å². The van der Waals surface area contributed by atoms with Gasteiger partial charge in [-0.2, -0.15) is 0 Å². The van der Waals surface area contributed by atoms with Crippen molar-refractivity contribution in [3.8, 4) is 0 Å². The van der Waals surface area contributed by atoms with Crippen molar-refractivity contribution < 1.29 is 4.74 Å². The van der Waals surface area contributed by atoms with Crippen LogP contribution in [0.5, 0.6) is 0 Å². The van der Waals surface area contributed by atoms with Gasteiger partial charge in [-0.3, -0.25) is 0 Å². The Morgan fingerprint density at radius 3 is 2.81 bits per heavy atom. The van der Waals surface area contributed by atoms with E-state index in [2.05, 4.69) is 60.8 Å². The van der Waals surface area contributed by atoms with Gasteiger partial charge in [-0.05, 0) is 43.8 Å². The van der Waals surface area contributed by atoms with Gasteiger partial charge >= 0.3 is 0 Å². The number of rotatable bonds is 4.